The fourth-order valence-electron chi connectivity index (χ4n) is 3.73. The van der Waals surface area contributed by atoms with Crippen molar-refractivity contribution in [3.05, 3.63) is 41.1 Å². The predicted molar refractivity (Wildman–Crippen MR) is 105 cm³/mol. The molecule has 1 aromatic carbocycles. The number of thioether (sulfide) groups is 1. The van der Waals surface area contributed by atoms with Gasteiger partial charge in [0.2, 0.25) is 5.91 Å². The van der Waals surface area contributed by atoms with Crippen LogP contribution in [-0.4, -0.2) is 51.3 Å². The summed E-state index contributed by atoms with van der Waals surface area (Å²) in [6, 6.07) is 6.10. The van der Waals surface area contributed by atoms with Crippen LogP contribution in [0.1, 0.15) is 35.2 Å². The highest BCUT2D eigenvalue weighted by molar-refractivity contribution is 7.99. The number of carbonyl (C=O) groups is 1. The zero-order valence-electron chi connectivity index (χ0n) is 15.7. The zero-order chi connectivity index (χ0) is 19.1. The number of hydrogen-bond donors (Lipinski definition) is 1. The second-order valence-electron chi connectivity index (χ2n) is 7.40. The van der Waals surface area contributed by atoms with Crippen LogP contribution in [0.15, 0.2) is 27.8 Å². The Labute approximate surface area is 166 Å². The van der Waals surface area contributed by atoms with E-state index >= 15 is 0 Å². The standard InChI is InChI=1S/C20H22N4O3S/c1-12-2-3-14-15(8-12)23-20(22-14)28-11-18(25)24-6-4-17-16(9-24)21-19(27-17)13-5-7-26-10-13/h2-3,8,13H,4-7,9-11H2,1H3,(H,22,23). The van der Waals surface area contributed by atoms with E-state index in [1.165, 1.54) is 17.3 Å². The Balaban J connectivity index is 1.22. The quantitative estimate of drug-likeness (QED) is 0.680. The molecule has 0 bridgehead atoms. The lowest BCUT2D eigenvalue weighted by molar-refractivity contribution is -0.129. The fourth-order valence-corrected chi connectivity index (χ4v) is 4.51. The van der Waals surface area contributed by atoms with Crippen molar-refractivity contribution < 1.29 is 13.9 Å². The van der Waals surface area contributed by atoms with Crippen molar-refractivity contribution in [1.29, 1.82) is 0 Å². The molecule has 0 aliphatic carbocycles. The van der Waals surface area contributed by atoms with Crippen molar-refractivity contribution in [3.63, 3.8) is 0 Å². The van der Waals surface area contributed by atoms with Crippen LogP contribution < -0.4 is 0 Å². The molecule has 1 amide bonds. The monoisotopic (exact) mass is 398 g/mol. The Bertz CT molecular complexity index is 1020. The molecule has 8 heteroatoms. The first kappa shape index (κ1) is 17.8. The Hall–Kier alpha value is -2.32. The third-order valence-electron chi connectivity index (χ3n) is 5.32. The summed E-state index contributed by atoms with van der Waals surface area (Å²) in [5.41, 5.74) is 4.01. The molecule has 1 saturated heterocycles. The molecule has 1 atom stereocenters. The Kier molecular flexibility index (Phi) is 4.60. The van der Waals surface area contributed by atoms with Gasteiger partial charge in [0.1, 0.15) is 11.5 Å². The third-order valence-corrected chi connectivity index (χ3v) is 6.18. The minimum absolute atomic E-state index is 0.0982. The Morgan fingerprint density at radius 3 is 3.18 bits per heavy atom. The number of aromatic nitrogens is 3. The number of rotatable bonds is 4. The number of ether oxygens (including phenoxy) is 1. The first-order chi connectivity index (χ1) is 13.7. The lowest BCUT2D eigenvalue weighted by Crippen LogP contribution is -2.36. The summed E-state index contributed by atoms with van der Waals surface area (Å²) in [5.74, 6) is 2.40. The van der Waals surface area contributed by atoms with Gasteiger partial charge in [0.05, 0.1) is 35.9 Å². The minimum atomic E-state index is 0.0982. The van der Waals surface area contributed by atoms with Gasteiger partial charge < -0.3 is 19.0 Å². The smallest absolute Gasteiger partial charge is 0.233 e. The van der Waals surface area contributed by atoms with Crippen LogP contribution >= 0.6 is 11.8 Å². The molecule has 5 rings (SSSR count). The maximum absolute atomic E-state index is 12.7. The molecule has 0 spiro atoms. The molecule has 3 aromatic rings. The van der Waals surface area contributed by atoms with Gasteiger partial charge in [-0.15, -0.1) is 0 Å². The maximum atomic E-state index is 12.7. The second-order valence-corrected chi connectivity index (χ2v) is 8.36. The van der Waals surface area contributed by atoms with E-state index in [0.29, 0.717) is 25.4 Å². The largest absolute Gasteiger partial charge is 0.445 e. The molecule has 146 valence electrons. The average Bonchev–Trinajstić information content (AvgIpc) is 3.43. The van der Waals surface area contributed by atoms with Crippen LogP contribution in [-0.2, 0) is 22.5 Å². The summed E-state index contributed by atoms with van der Waals surface area (Å²) >= 11 is 1.44. The summed E-state index contributed by atoms with van der Waals surface area (Å²) in [6.45, 7) is 4.68. The molecular formula is C20H22N4O3S. The molecule has 1 unspecified atom stereocenters. The highest BCUT2D eigenvalue weighted by Crippen LogP contribution is 2.29. The molecule has 0 saturated carbocycles. The summed E-state index contributed by atoms with van der Waals surface area (Å²) < 4.78 is 11.4. The average molecular weight is 398 g/mol. The summed E-state index contributed by atoms with van der Waals surface area (Å²) in [4.78, 5) is 27.1. The van der Waals surface area contributed by atoms with Gasteiger partial charge in [-0.05, 0) is 31.0 Å². The molecular weight excluding hydrogens is 376 g/mol. The topological polar surface area (TPSA) is 84.2 Å². The van der Waals surface area contributed by atoms with Gasteiger partial charge in [0.25, 0.3) is 0 Å². The molecule has 2 aromatic heterocycles. The Morgan fingerprint density at radius 1 is 1.39 bits per heavy atom. The van der Waals surface area contributed by atoms with Gasteiger partial charge >= 0.3 is 0 Å². The molecule has 28 heavy (non-hydrogen) atoms. The number of carbonyl (C=O) groups excluding carboxylic acids is 1. The Morgan fingerprint density at radius 2 is 2.32 bits per heavy atom. The summed E-state index contributed by atoms with van der Waals surface area (Å²) in [5, 5.41) is 0.775. The zero-order valence-corrected chi connectivity index (χ0v) is 16.6. The number of fused-ring (bicyclic) bond motifs is 2. The molecule has 1 N–H and O–H groups in total. The van der Waals surface area contributed by atoms with Crippen molar-refractivity contribution in [1.82, 2.24) is 19.9 Å². The van der Waals surface area contributed by atoms with Crippen LogP contribution in [0.5, 0.6) is 0 Å². The van der Waals surface area contributed by atoms with Gasteiger partial charge in [-0.3, -0.25) is 4.79 Å². The number of nitrogens with zero attached hydrogens (tertiary/aromatic N) is 3. The van der Waals surface area contributed by atoms with E-state index in [0.717, 1.165) is 53.0 Å². The number of amides is 1. The van der Waals surface area contributed by atoms with Gasteiger partial charge in [0, 0.05) is 19.6 Å². The molecule has 0 radical (unpaired) electrons. The third kappa shape index (κ3) is 3.42. The molecule has 4 heterocycles. The molecule has 2 aliphatic heterocycles. The van der Waals surface area contributed by atoms with Gasteiger partial charge in [-0.25, -0.2) is 9.97 Å². The summed E-state index contributed by atoms with van der Waals surface area (Å²) in [7, 11) is 0. The number of aromatic amines is 1. The maximum Gasteiger partial charge on any atom is 0.233 e. The van der Waals surface area contributed by atoms with E-state index in [-0.39, 0.29) is 11.8 Å². The van der Waals surface area contributed by atoms with Gasteiger partial charge in [-0.1, -0.05) is 17.8 Å². The highest BCUT2D eigenvalue weighted by Gasteiger charge is 2.29. The number of benzene rings is 1. The van der Waals surface area contributed by atoms with Gasteiger partial charge in [-0.2, -0.15) is 0 Å². The van der Waals surface area contributed by atoms with Crippen LogP contribution in [0.25, 0.3) is 11.0 Å². The van der Waals surface area contributed by atoms with Crippen LogP contribution in [0.3, 0.4) is 0 Å². The SMILES string of the molecule is Cc1ccc2nc(SCC(=O)N3CCc4oc(C5CCOC5)nc4C3)[nH]c2c1. The number of H-pyrrole nitrogens is 1. The number of oxazole rings is 1. The van der Waals surface area contributed by atoms with Crippen LogP contribution in [0.4, 0.5) is 0 Å². The number of nitrogens with one attached hydrogen (secondary N) is 1. The van der Waals surface area contributed by atoms with Crippen molar-refractivity contribution >= 4 is 28.7 Å². The van der Waals surface area contributed by atoms with E-state index < -0.39 is 0 Å². The number of aryl methyl sites for hydroxylation is 1. The van der Waals surface area contributed by atoms with Crippen molar-refractivity contribution in [2.24, 2.45) is 0 Å². The van der Waals surface area contributed by atoms with Crippen molar-refractivity contribution in [2.45, 2.75) is 37.4 Å². The number of hydrogen-bond acceptors (Lipinski definition) is 6. The second kappa shape index (κ2) is 7.25. The van der Waals surface area contributed by atoms with Crippen molar-refractivity contribution in [3.8, 4) is 0 Å². The first-order valence-corrected chi connectivity index (χ1v) is 10.6. The lowest BCUT2D eigenvalue weighted by atomic mass is 10.1. The fraction of sp³-hybridized carbons (Fsp3) is 0.450. The minimum Gasteiger partial charge on any atom is -0.445 e. The number of imidazole rings is 1. The first-order valence-electron chi connectivity index (χ1n) is 9.59. The van der Waals surface area contributed by atoms with E-state index in [2.05, 4.69) is 27.9 Å². The summed E-state index contributed by atoms with van der Waals surface area (Å²) in [6.07, 6.45) is 1.67. The molecule has 7 nitrogen and oxygen atoms in total. The van der Waals surface area contributed by atoms with Crippen LogP contribution in [0.2, 0.25) is 0 Å². The van der Waals surface area contributed by atoms with E-state index in [1.807, 2.05) is 17.0 Å². The van der Waals surface area contributed by atoms with Crippen LogP contribution in [0, 0.1) is 6.92 Å². The van der Waals surface area contributed by atoms with Crippen molar-refractivity contribution in [2.75, 3.05) is 25.5 Å². The van der Waals surface area contributed by atoms with E-state index in [1.54, 1.807) is 0 Å². The van der Waals surface area contributed by atoms with Gasteiger partial charge in [0.15, 0.2) is 11.0 Å². The highest BCUT2D eigenvalue weighted by atomic mass is 32.2. The predicted octanol–water partition coefficient (Wildman–Crippen LogP) is 3.04. The molecule has 2 aliphatic rings. The van der Waals surface area contributed by atoms with E-state index in [9.17, 15) is 4.79 Å². The normalized spacial score (nSPS) is 19.3. The molecule has 1 fully saturated rings. The van der Waals surface area contributed by atoms with E-state index in [4.69, 9.17) is 9.15 Å². The lowest BCUT2D eigenvalue weighted by Gasteiger charge is -2.25.